The predicted octanol–water partition coefficient (Wildman–Crippen LogP) is 0.861. The highest BCUT2D eigenvalue weighted by atomic mass is 16.6. The van der Waals surface area contributed by atoms with E-state index in [1.54, 1.807) is 6.92 Å². The molecule has 0 spiro atoms. The van der Waals surface area contributed by atoms with E-state index < -0.39 is 6.10 Å². The van der Waals surface area contributed by atoms with Crippen LogP contribution in [0.3, 0.4) is 0 Å². The van der Waals surface area contributed by atoms with Gasteiger partial charge in [0.15, 0.2) is 0 Å². The van der Waals surface area contributed by atoms with Crippen molar-refractivity contribution < 1.29 is 19.3 Å². The number of fused-ring (bicyclic) bond motifs is 2. The molecule has 0 aliphatic carbocycles. The Balaban J connectivity index is 1.66. The van der Waals surface area contributed by atoms with Crippen LogP contribution in [0.15, 0.2) is 0 Å². The molecule has 0 aromatic heterocycles. The highest BCUT2D eigenvalue weighted by Gasteiger charge is 2.46. The van der Waals surface area contributed by atoms with Crippen molar-refractivity contribution >= 4 is 0 Å². The average Bonchev–Trinajstić information content (AvgIpc) is 2.68. The van der Waals surface area contributed by atoms with Gasteiger partial charge < -0.3 is 19.3 Å². The van der Waals surface area contributed by atoms with Gasteiger partial charge in [-0.3, -0.25) is 0 Å². The second kappa shape index (κ2) is 4.26. The molecule has 0 amide bonds. The molecule has 92 valence electrons. The average molecular weight is 228 g/mol. The van der Waals surface area contributed by atoms with Crippen LogP contribution in [0.2, 0.25) is 0 Å². The van der Waals surface area contributed by atoms with E-state index in [1.807, 2.05) is 0 Å². The SMILES string of the molecule is C[C@@H](O)[C@@H]1C[C@@H]2O[C@@H]3CCCO[C@H]3C[C@H]2O1. The van der Waals surface area contributed by atoms with Gasteiger partial charge in [-0.2, -0.15) is 0 Å². The van der Waals surface area contributed by atoms with Crippen LogP contribution in [-0.2, 0) is 14.2 Å². The summed E-state index contributed by atoms with van der Waals surface area (Å²) in [6, 6.07) is 0. The van der Waals surface area contributed by atoms with Gasteiger partial charge >= 0.3 is 0 Å². The molecule has 3 rings (SSSR count). The van der Waals surface area contributed by atoms with Gasteiger partial charge in [-0.25, -0.2) is 0 Å². The van der Waals surface area contributed by atoms with E-state index >= 15 is 0 Å². The lowest BCUT2D eigenvalue weighted by Gasteiger charge is -2.40. The smallest absolute Gasteiger partial charge is 0.0868 e. The fraction of sp³-hybridized carbons (Fsp3) is 1.00. The van der Waals surface area contributed by atoms with Crippen LogP contribution < -0.4 is 0 Å². The van der Waals surface area contributed by atoms with Gasteiger partial charge in [-0.05, 0) is 19.8 Å². The van der Waals surface area contributed by atoms with Crippen LogP contribution in [0, 0.1) is 0 Å². The molecule has 6 atom stereocenters. The number of aliphatic hydroxyl groups is 1. The summed E-state index contributed by atoms with van der Waals surface area (Å²) in [4.78, 5) is 0. The van der Waals surface area contributed by atoms with Crippen molar-refractivity contribution in [2.75, 3.05) is 6.61 Å². The summed E-state index contributed by atoms with van der Waals surface area (Å²) >= 11 is 0. The lowest BCUT2D eigenvalue weighted by molar-refractivity contribution is -0.191. The van der Waals surface area contributed by atoms with Crippen molar-refractivity contribution in [3.63, 3.8) is 0 Å². The van der Waals surface area contributed by atoms with E-state index in [4.69, 9.17) is 14.2 Å². The summed E-state index contributed by atoms with van der Waals surface area (Å²) in [7, 11) is 0. The van der Waals surface area contributed by atoms with Gasteiger partial charge in [-0.15, -0.1) is 0 Å². The molecule has 3 fully saturated rings. The highest BCUT2D eigenvalue weighted by Crippen LogP contribution is 2.37. The van der Waals surface area contributed by atoms with Gasteiger partial charge in [0.25, 0.3) is 0 Å². The molecular formula is C12H20O4. The third-order valence-corrected chi connectivity index (χ3v) is 3.96. The lowest BCUT2D eigenvalue weighted by Crippen LogP contribution is -2.48. The minimum atomic E-state index is -0.405. The third-order valence-electron chi connectivity index (χ3n) is 3.96. The molecule has 0 bridgehead atoms. The number of hydrogen-bond acceptors (Lipinski definition) is 4. The first kappa shape index (κ1) is 11.0. The number of hydrogen-bond donors (Lipinski definition) is 1. The van der Waals surface area contributed by atoms with E-state index in [0.29, 0.717) is 0 Å². The Hall–Kier alpha value is -0.160. The molecule has 1 N–H and O–H groups in total. The summed E-state index contributed by atoms with van der Waals surface area (Å²) in [5.41, 5.74) is 0. The van der Waals surface area contributed by atoms with Gasteiger partial charge in [0.1, 0.15) is 0 Å². The minimum Gasteiger partial charge on any atom is -0.391 e. The topological polar surface area (TPSA) is 47.9 Å². The zero-order valence-electron chi connectivity index (χ0n) is 9.67. The van der Waals surface area contributed by atoms with Gasteiger partial charge in [-0.1, -0.05) is 0 Å². The van der Waals surface area contributed by atoms with Crippen LogP contribution in [-0.4, -0.2) is 48.3 Å². The van der Waals surface area contributed by atoms with Crippen LogP contribution in [0.4, 0.5) is 0 Å². The standard InChI is InChI=1S/C12H20O4/c1-7(13)9-5-11-12(16-9)6-10-8(15-11)3-2-4-14-10/h7-13H,2-6H2,1H3/t7-,8-,9+,10+,11+,12-/m1/s1. The molecule has 0 aromatic rings. The van der Waals surface area contributed by atoms with Gasteiger partial charge in [0.05, 0.1) is 36.6 Å². The summed E-state index contributed by atoms with van der Waals surface area (Å²) in [5, 5.41) is 9.55. The van der Waals surface area contributed by atoms with Crippen molar-refractivity contribution in [1.29, 1.82) is 0 Å². The largest absolute Gasteiger partial charge is 0.391 e. The maximum atomic E-state index is 9.55. The zero-order chi connectivity index (χ0) is 11.1. The van der Waals surface area contributed by atoms with Crippen LogP contribution in [0.1, 0.15) is 32.6 Å². The predicted molar refractivity (Wildman–Crippen MR) is 57.2 cm³/mol. The molecule has 3 aliphatic rings. The van der Waals surface area contributed by atoms with Crippen molar-refractivity contribution in [2.45, 2.75) is 69.2 Å². The Morgan fingerprint density at radius 3 is 2.69 bits per heavy atom. The first-order valence-electron chi connectivity index (χ1n) is 6.34. The molecule has 0 aromatic carbocycles. The van der Waals surface area contributed by atoms with Crippen LogP contribution >= 0.6 is 0 Å². The molecule has 3 aliphatic heterocycles. The monoisotopic (exact) mass is 228 g/mol. The van der Waals surface area contributed by atoms with Gasteiger partial charge in [0, 0.05) is 19.4 Å². The fourth-order valence-electron chi connectivity index (χ4n) is 3.05. The summed E-state index contributed by atoms with van der Waals surface area (Å²) < 4.78 is 17.6. The van der Waals surface area contributed by atoms with E-state index in [2.05, 4.69) is 0 Å². The fourth-order valence-corrected chi connectivity index (χ4v) is 3.05. The van der Waals surface area contributed by atoms with E-state index in [-0.39, 0.29) is 30.5 Å². The van der Waals surface area contributed by atoms with Crippen molar-refractivity contribution in [3.8, 4) is 0 Å². The molecule has 0 unspecified atom stereocenters. The molecule has 4 nitrogen and oxygen atoms in total. The maximum absolute atomic E-state index is 9.55. The lowest BCUT2D eigenvalue weighted by atomic mass is 9.93. The normalized spacial score (nSPS) is 49.5. The Morgan fingerprint density at radius 2 is 1.88 bits per heavy atom. The third kappa shape index (κ3) is 1.88. The van der Waals surface area contributed by atoms with Gasteiger partial charge in [0.2, 0.25) is 0 Å². The molecule has 0 saturated carbocycles. The molecule has 16 heavy (non-hydrogen) atoms. The van der Waals surface area contributed by atoms with Crippen molar-refractivity contribution in [2.24, 2.45) is 0 Å². The van der Waals surface area contributed by atoms with Crippen molar-refractivity contribution in [3.05, 3.63) is 0 Å². The van der Waals surface area contributed by atoms with E-state index in [9.17, 15) is 5.11 Å². The zero-order valence-corrected chi connectivity index (χ0v) is 9.67. The quantitative estimate of drug-likeness (QED) is 0.723. The highest BCUT2D eigenvalue weighted by molar-refractivity contribution is 4.94. The second-order valence-electron chi connectivity index (χ2n) is 5.19. The Morgan fingerprint density at radius 1 is 1.06 bits per heavy atom. The second-order valence-corrected chi connectivity index (χ2v) is 5.19. The number of rotatable bonds is 1. The Labute approximate surface area is 95.9 Å². The Kier molecular flexibility index (Phi) is 2.92. The first-order valence-corrected chi connectivity index (χ1v) is 6.34. The van der Waals surface area contributed by atoms with E-state index in [1.165, 1.54) is 0 Å². The summed E-state index contributed by atoms with van der Waals surface area (Å²) in [5.74, 6) is 0. The number of aliphatic hydroxyl groups excluding tert-OH is 1. The van der Waals surface area contributed by atoms with Crippen LogP contribution in [0.5, 0.6) is 0 Å². The van der Waals surface area contributed by atoms with E-state index in [0.717, 1.165) is 32.3 Å². The molecule has 3 saturated heterocycles. The molecule has 3 heterocycles. The molecular weight excluding hydrogens is 208 g/mol. The maximum Gasteiger partial charge on any atom is 0.0868 e. The summed E-state index contributed by atoms with van der Waals surface area (Å²) in [6.45, 7) is 2.63. The van der Waals surface area contributed by atoms with Crippen LogP contribution in [0.25, 0.3) is 0 Å². The molecule has 4 heteroatoms. The Bertz CT molecular complexity index is 233. The molecule has 0 radical (unpaired) electrons. The number of ether oxygens (including phenoxy) is 3. The summed E-state index contributed by atoms with van der Waals surface area (Å²) in [6.07, 6.45) is 4.25. The minimum absolute atomic E-state index is 0.0600. The first-order chi connectivity index (χ1) is 7.74. The van der Waals surface area contributed by atoms with Crippen molar-refractivity contribution in [1.82, 2.24) is 0 Å².